The Bertz CT molecular complexity index is 626. The van der Waals surface area contributed by atoms with Crippen molar-refractivity contribution in [2.75, 3.05) is 11.9 Å². The van der Waals surface area contributed by atoms with Crippen LogP contribution in [-0.2, 0) is 11.3 Å². The molecule has 1 amide bonds. The number of nitrogens with one attached hydrogen (secondary N) is 2. The summed E-state index contributed by atoms with van der Waals surface area (Å²) in [7, 11) is 0. The van der Waals surface area contributed by atoms with Gasteiger partial charge in [0.15, 0.2) is 0 Å². The molecule has 0 saturated carbocycles. The Morgan fingerprint density at radius 2 is 1.67 bits per heavy atom. The second kappa shape index (κ2) is 7.55. The first-order valence-corrected chi connectivity index (χ1v) is 7.38. The zero-order valence-electron chi connectivity index (χ0n) is 11.0. The molecule has 110 valence electrons. The molecule has 0 aliphatic carbocycles. The Hall–Kier alpha value is -1.42. The van der Waals surface area contributed by atoms with Crippen LogP contribution < -0.4 is 10.6 Å². The van der Waals surface area contributed by atoms with Gasteiger partial charge in [0.2, 0.25) is 5.91 Å². The molecule has 0 aliphatic heterocycles. The third-order valence-electron chi connectivity index (χ3n) is 2.75. The lowest BCUT2D eigenvalue weighted by molar-refractivity contribution is -0.119. The second-order valence-corrected chi connectivity index (χ2v) is 5.66. The molecule has 0 radical (unpaired) electrons. The Morgan fingerprint density at radius 3 is 2.33 bits per heavy atom. The van der Waals surface area contributed by atoms with Crippen molar-refractivity contribution in [3.05, 3.63) is 63.1 Å². The fourth-order valence-corrected chi connectivity index (χ4v) is 2.46. The van der Waals surface area contributed by atoms with Gasteiger partial charge in [-0.1, -0.05) is 53.0 Å². The summed E-state index contributed by atoms with van der Waals surface area (Å²) in [5.74, 6) is -0.147. The minimum atomic E-state index is -0.147. The highest BCUT2D eigenvalue weighted by Gasteiger charge is 2.04. The highest BCUT2D eigenvalue weighted by molar-refractivity contribution is 6.35. The van der Waals surface area contributed by atoms with E-state index in [2.05, 4.69) is 10.6 Å². The lowest BCUT2D eigenvalue weighted by atomic mass is 10.2. The Kier molecular flexibility index (Phi) is 5.74. The number of carbonyl (C=O) groups is 1. The van der Waals surface area contributed by atoms with Gasteiger partial charge in [0.05, 0.1) is 6.54 Å². The van der Waals surface area contributed by atoms with E-state index < -0.39 is 0 Å². The van der Waals surface area contributed by atoms with Gasteiger partial charge in [-0.05, 0) is 29.8 Å². The molecule has 2 aromatic carbocycles. The van der Waals surface area contributed by atoms with Crippen LogP contribution in [0.2, 0.25) is 15.1 Å². The molecule has 0 atom stereocenters. The summed E-state index contributed by atoms with van der Waals surface area (Å²) in [5.41, 5.74) is 1.57. The van der Waals surface area contributed by atoms with Crippen molar-refractivity contribution >= 4 is 46.4 Å². The number of hydrogen-bond acceptors (Lipinski definition) is 2. The first-order valence-electron chi connectivity index (χ1n) is 6.24. The molecule has 0 unspecified atom stereocenters. The summed E-state index contributed by atoms with van der Waals surface area (Å²) in [6.07, 6.45) is 0. The molecule has 2 aromatic rings. The number of rotatable bonds is 5. The first kappa shape index (κ1) is 16.0. The first-order chi connectivity index (χ1) is 10.0. The lowest BCUT2D eigenvalue weighted by Crippen LogP contribution is -2.29. The maximum absolute atomic E-state index is 11.8. The fraction of sp³-hybridized carbons (Fsp3) is 0.133. The van der Waals surface area contributed by atoms with Crippen LogP contribution >= 0.6 is 34.8 Å². The molecule has 2 rings (SSSR count). The van der Waals surface area contributed by atoms with Crippen molar-refractivity contribution in [3.63, 3.8) is 0 Å². The van der Waals surface area contributed by atoms with Crippen LogP contribution in [0.3, 0.4) is 0 Å². The number of benzene rings is 2. The van der Waals surface area contributed by atoms with E-state index in [-0.39, 0.29) is 12.5 Å². The zero-order valence-corrected chi connectivity index (χ0v) is 13.3. The molecule has 0 aromatic heterocycles. The summed E-state index contributed by atoms with van der Waals surface area (Å²) in [4.78, 5) is 11.8. The molecule has 3 nitrogen and oxygen atoms in total. The van der Waals surface area contributed by atoms with E-state index in [1.165, 1.54) is 0 Å². The molecule has 6 heteroatoms. The van der Waals surface area contributed by atoms with Crippen LogP contribution in [-0.4, -0.2) is 12.5 Å². The van der Waals surface area contributed by atoms with Gasteiger partial charge in [-0.25, -0.2) is 0 Å². The van der Waals surface area contributed by atoms with Crippen molar-refractivity contribution < 1.29 is 4.79 Å². The molecule has 2 N–H and O–H groups in total. The standard InChI is InChI=1S/C15H13Cl3N2O/c16-11-5-12(17)7-13(6-11)19-9-15(21)20-8-10-3-1-2-4-14(10)18/h1-7,19H,8-9H2,(H,20,21). The Balaban J connectivity index is 1.84. The van der Waals surface area contributed by atoms with Crippen molar-refractivity contribution in [2.45, 2.75) is 6.54 Å². The number of amides is 1. The van der Waals surface area contributed by atoms with E-state index >= 15 is 0 Å². The topological polar surface area (TPSA) is 41.1 Å². The highest BCUT2D eigenvalue weighted by atomic mass is 35.5. The van der Waals surface area contributed by atoms with Crippen LogP contribution in [0.1, 0.15) is 5.56 Å². The van der Waals surface area contributed by atoms with E-state index in [0.717, 1.165) is 5.56 Å². The van der Waals surface area contributed by atoms with E-state index in [0.29, 0.717) is 27.3 Å². The summed E-state index contributed by atoms with van der Waals surface area (Å²) in [6.45, 7) is 0.512. The Labute approximate surface area is 138 Å². The summed E-state index contributed by atoms with van der Waals surface area (Å²) >= 11 is 17.8. The molecule has 21 heavy (non-hydrogen) atoms. The molecule has 0 heterocycles. The van der Waals surface area contributed by atoms with E-state index in [4.69, 9.17) is 34.8 Å². The van der Waals surface area contributed by atoms with E-state index in [9.17, 15) is 4.79 Å². The summed E-state index contributed by atoms with van der Waals surface area (Å²) < 4.78 is 0. The van der Waals surface area contributed by atoms with Crippen LogP contribution in [0.25, 0.3) is 0 Å². The maximum atomic E-state index is 11.8. The molecule has 0 saturated heterocycles. The van der Waals surface area contributed by atoms with Crippen molar-refractivity contribution in [3.8, 4) is 0 Å². The minimum absolute atomic E-state index is 0.126. The van der Waals surface area contributed by atoms with Gasteiger partial charge < -0.3 is 10.6 Å². The highest BCUT2D eigenvalue weighted by Crippen LogP contribution is 2.22. The van der Waals surface area contributed by atoms with Crippen LogP contribution in [0.15, 0.2) is 42.5 Å². The van der Waals surface area contributed by atoms with Gasteiger partial charge in [0.25, 0.3) is 0 Å². The molecule has 0 bridgehead atoms. The number of anilines is 1. The third kappa shape index (κ3) is 5.12. The lowest BCUT2D eigenvalue weighted by Gasteiger charge is -2.09. The van der Waals surface area contributed by atoms with Gasteiger partial charge in [-0.3, -0.25) is 4.79 Å². The van der Waals surface area contributed by atoms with Crippen molar-refractivity contribution in [1.29, 1.82) is 0 Å². The average Bonchev–Trinajstić information content (AvgIpc) is 2.43. The molecule has 0 aliphatic rings. The predicted octanol–water partition coefficient (Wildman–Crippen LogP) is 4.38. The number of hydrogen-bond donors (Lipinski definition) is 2. The summed E-state index contributed by atoms with van der Waals surface area (Å²) in [6, 6.07) is 12.4. The fourth-order valence-electron chi connectivity index (χ4n) is 1.74. The number of carbonyl (C=O) groups excluding carboxylic acids is 1. The van der Waals surface area contributed by atoms with E-state index in [1.807, 2.05) is 18.2 Å². The average molecular weight is 344 g/mol. The van der Waals surface area contributed by atoms with Gasteiger partial charge in [0, 0.05) is 27.3 Å². The SMILES string of the molecule is O=C(CNc1cc(Cl)cc(Cl)c1)NCc1ccccc1Cl. The third-order valence-corrected chi connectivity index (χ3v) is 3.55. The van der Waals surface area contributed by atoms with E-state index in [1.54, 1.807) is 24.3 Å². The normalized spacial score (nSPS) is 10.2. The largest absolute Gasteiger partial charge is 0.376 e. The quantitative estimate of drug-likeness (QED) is 0.846. The van der Waals surface area contributed by atoms with Gasteiger partial charge in [-0.15, -0.1) is 0 Å². The molecule has 0 fully saturated rings. The summed E-state index contributed by atoms with van der Waals surface area (Å²) in [5, 5.41) is 7.41. The van der Waals surface area contributed by atoms with Crippen LogP contribution in [0, 0.1) is 0 Å². The smallest absolute Gasteiger partial charge is 0.239 e. The molecular weight excluding hydrogens is 331 g/mol. The van der Waals surface area contributed by atoms with Gasteiger partial charge in [-0.2, -0.15) is 0 Å². The number of halogens is 3. The van der Waals surface area contributed by atoms with Crippen LogP contribution in [0.4, 0.5) is 5.69 Å². The van der Waals surface area contributed by atoms with Crippen molar-refractivity contribution in [1.82, 2.24) is 5.32 Å². The van der Waals surface area contributed by atoms with Crippen LogP contribution in [0.5, 0.6) is 0 Å². The molecule has 0 spiro atoms. The zero-order chi connectivity index (χ0) is 15.2. The van der Waals surface area contributed by atoms with Gasteiger partial charge in [0.1, 0.15) is 0 Å². The Morgan fingerprint density at radius 1 is 1.00 bits per heavy atom. The van der Waals surface area contributed by atoms with Gasteiger partial charge >= 0.3 is 0 Å². The maximum Gasteiger partial charge on any atom is 0.239 e. The monoisotopic (exact) mass is 342 g/mol. The molecular formula is C15H13Cl3N2O. The predicted molar refractivity (Wildman–Crippen MR) is 88.3 cm³/mol. The minimum Gasteiger partial charge on any atom is -0.376 e. The second-order valence-electron chi connectivity index (χ2n) is 4.38. The van der Waals surface area contributed by atoms with Crippen molar-refractivity contribution in [2.24, 2.45) is 0 Å².